The van der Waals surface area contributed by atoms with E-state index in [2.05, 4.69) is 15.0 Å². The highest BCUT2D eigenvalue weighted by Crippen LogP contribution is 2.38. The van der Waals surface area contributed by atoms with E-state index in [9.17, 15) is 0 Å². The molecule has 0 saturated carbocycles. The molecular formula is C10H12N4S. The first-order valence-electron chi connectivity index (χ1n) is 5.07. The van der Waals surface area contributed by atoms with Crippen LogP contribution in [0.15, 0.2) is 12.1 Å². The van der Waals surface area contributed by atoms with Crippen LogP contribution in [0.3, 0.4) is 0 Å². The lowest BCUT2D eigenvalue weighted by atomic mass is 10.2. The second-order valence-electron chi connectivity index (χ2n) is 3.73. The largest absolute Gasteiger partial charge is 0.384 e. The molecule has 78 valence electrons. The lowest BCUT2D eigenvalue weighted by Gasteiger charge is -2.01. The third-order valence-corrected chi connectivity index (χ3v) is 4.01. The van der Waals surface area contributed by atoms with Gasteiger partial charge in [-0.2, -0.15) is 11.8 Å². The third-order valence-electron chi connectivity index (χ3n) is 2.62. The van der Waals surface area contributed by atoms with Crippen LogP contribution in [0.2, 0.25) is 0 Å². The van der Waals surface area contributed by atoms with E-state index in [1.165, 1.54) is 18.6 Å². The Morgan fingerprint density at radius 1 is 1.40 bits per heavy atom. The van der Waals surface area contributed by atoms with Crippen molar-refractivity contribution >= 4 is 28.7 Å². The van der Waals surface area contributed by atoms with Crippen molar-refractivity contribution in [2.75, 3.05) is 11.5 Å². The fraction of sp³-hybridized carbons (Fsp3) is 0.400. The van der Waals surface area contributed by atoms with Crippen LogP contribution in [0.25, 0.3) is 11.2 Å². The summed E-state index contributed by atoms with van der Waals surface area (Å²) in [6, 6.07) is 3.74. The lowest BCUT2D eigenvalue weighted by Crippen LogP contribution is -1.91. The van der Waals surface area contributed by atoms with Gasteiger partial charge in [0.2, 0.25) is 0 Å². The van der Waals surface area contributed by atoms with Crippen LogP contribution in [0.1, 0.15) is 23.9 Å². The zero-order chi connectivity index (χ0) is 10.3. The molecular weight excluding hydrogens is 208 g/mol. The minimum absolute atomic E-state index is 0.514. The molecule has 15 heavy (non-hydrogen) atoms. The van der Waals surface area contributed by atoms with Gasteiger partial charge in [-0.15, -0.1) is 0 Å². The molecule has 1 aliphatic rings. The summed E-state index contributed by atoms with van der Waals surface area (Å²) in [4.78, 5) is 12.0. The minimum Gasteiger partial charge on any atom is -0.384 e. The van der Waals surface area contributed by atoms with Crippen LogP contribution in [0, 0.1) is 0 Å². The number of thioether (sulfide) groups is 1. The van der Waals surface area contributed by atoms with Gasteiger partial charge in [-0.05, 0) is 30.7 Å². The van der Waals surface area contributed by atoms with Crippen LogP contribution in [-0.4, -0.2) is 20.7 Å². The average molecular weight is 220 g/mol. The molecule has 3 rings (SSSR count). The van der Waals surface area contributed by atoms with Gasteiger partial charge in [0.15, 0.2) is 5.65 Å². The zero-order valence-corrected chi connectivity index (χ0v) is 9.05. The van der Waals surface area contributed by atoms with Gasteiger partial charge in [0.25, 0.3) is 0 Å². The number of fused-ring (bicyclic) bond motifs is 1. The lowest BCUT2D eigenvalue weighted by molar-refractivity contribution is 0.792. The Hall–Kier alpha value is -1.23. The number of pyridine rings is 1. The minimum atomic E-state index is 0.514. The first-order chi connectivity index (χ1) is 7.33. The summed E-state index contributed by atoms with van der Waals surface area (Å²) in [7, 11) is 0. The van der Waals surface area contributed by atoms with Crippen molar-refractivity contribution in [3.8, 4) is 0 Å². The van der Waals surface area contributed by atoms with Crippen molar-refractivity contribution in [1.29, 1.82) is 0 Å². The molecule has 0 amide bonds. The SMILES string of the molecule is Nc1ccc2[nH]c(C3CCCS3)nc2n1. The third kappa shape index (κ3) is 1.56. The van der Waals surface area contributed by atoms with Crippen LogP contribution in [0.4, 0.5) is 5.82 Å². The summed E-state index contributed by atoms with van der Waals surface area (Å²) >= 11 is 1.96. The standard InChI is InChI=1S/C10H12N4S/c11-8-4-3-6-9(13-8)14-10(12-6)7-2-1-5-15-7/h3-4,7H,1-2,5H2,(H3,11,12,13,14). The Balaban J connectivity index is 2.05. The topological polar surface area (TPSA) is 67.6 Å². The first-order valence-corrected chi connectivity index (χ1v) is 6.11. The van der Waals surface area contributed by atoms with E-state index in [-0.39, 0.29) is 0 Å². The highest BCUT2D eigenvalue weighted by atomic mass is 32.2. The number of nitrogens with one attached hydrogen (secondary N) is 1. The second kappa shape index (κ2) is 3.41. The Labute approximate surface area is 91.7 Å². The number of nitrogen functional groups attached to an aromatic ring is 1. The quantitative estimate of drug-likeness (QED) is 0.772. The maximum atomic E-state index is 5.62. The van der Waals surface area contributed by atoms with E-state index < -0.39 is 0 Å². The molecule has 3 heterocycles. The molecule has 0 radical (unpaired) electrons. The molecule has 1 atom stereocenters. The Morgan fingerprint density at radius 3 is 3.13 bits per heavy atom. The van der Waals surface area contributed by atoms with Crippen molar-refractivity contribution in [2.45, 2.75) is 18.1 Å². The van der Waals surface area contributed by atoms with Gasteiger partial charge < -0.3 is 10.7 Å². The van der Waals surface area contributed by atoms with Gasteiger partial charge in [0.1, 0.15) is 11.6 Å². The van der Waals surface area contributed by atoms with E-state index >= 15 is 0 Å². The maximum absolute atomic E-state index is 5.62. The molecule has 2 aromatic heterocycles. The molecule has 1 fully saturated rings. The van der Waals surface area contributed by atoms with Crippen molar-refractivity contribution < 1.29 is 0 Å². The Morgan fingerprint density at radius 2 is 2.33 bits per heavy atom. The number of nitrogens with zero attached hydrogens (tertiary/aromatic N) is 2. The monoisotopic (exact) mass is 220 g/mol. The molecule has 2 aromatic rings. The first kappa shape index (κ1) is 9.03. The highest BCUT2D eigenvalue weighted by molar-refractivity contribution is 7.99. The number of hydrogen-bond donors (Lipinski definition) is 2. The van der Waals surface area contributed by atoms with Gasteiger partial charge >= 0.3 is 0 Å². The summed E-state index contributed by atoms with van der Waals surface area (Å²) in [6.45, 7) is 0. The fourth-order valence-corrected chi connectivity index (χ4v) is 3.09. The molecule has 1 aliphatic heterocycles. The van der Waals surface area contributed by atoms with Gasteiger partial charge in [0, 0.05) is 0 Å². The van der Waals surface area contributed by atoms with Crippen molar-refractivity contribution in [3.63, 3.8) is 0 Å². The molecule has 1 saturated heterocycles. The molecule has 0 spiro atoms. The predicted molar refractivity (Wildman–Crippen MR) is 62.7 cm³/mol. The van der Waals surface area contributed by atoms with Crippen LogP contribution < -0.4 is 5.73 Å². The van der Waals surface area contributed by atoms with E-state index in [0.29, 0.717) is 11.1 Å². The number of aromatic nitrogens is 3. The molecule has 0 aliphatic carbocycles. The smallest absolute Gasteiger partial charge is 0.179 e. The van der Waals surface area contributed by atoms with Crippen LogP contribution >= 0.6 is 11.8 Å². The summed E-state index contributed by atoms with van der Waals surface area (Å²) < 4.78 is 0. The number of hydrogen-bond acceptors (Lipinski definition) is 4. The molecule has 4 nitrogen and oxygen atoms in total. The van der Waals surface area contributed by atoms with Gasteiger partial charge in [0.05, 0.1) is 10.8 Å². The summed E-state index contributed by atoms with van der Waals surface area (Å²) in [5, 5.41) is 0.514. The normalized spacial score (nSPS) is 21.2. The molecule has 0 aromatic carbocycles. The number of anilines is 1. The van der Waals surface area contributed by atoms with E-state index in [0.717, 1.165) is 17.0 Å². The summed E-state index contributed by atoms with van der Waals surface area (Å²) in [6.07, 6.45) is 2.49. The van der Waals surface area contributed by atoms with Gasteiger partial charge in [-0.3, -0.25) is 0 Å². The second-order valence-corrected chi connectivity index (χ2v) is 5.04. The summed E-state index contributed by atoms with van der Waals surface area (Å²) in [5.74, 6) is 2.81. The van der Waals surface area contributed by atoms with Crippen LogP contribution in [0.5, 0.6) is 0 Å². The maximum Gasteiger partial charge on any atom is 0.179 e. The fourth-order valence-electron chi connectivity index (χ4n) is 1.87. The number of nitrogens with two attached hydrogens (primary N) is 1. The highest BCUT2D eigenvalue weighted by Gasteiger charge is 2.21. The van der Waals surface area contributed by atoms with E-state index in [1.807, 2.05) is 17.8 Å². The van der Waals surface area contributed by atoms with E-state index in [4.69, 9.17) is 5.73 Å². The molecule has 3 N–H and O–H groups in total. The molecule has 1 unspecified atom stereocenters. The molecule has 5 heteroatoms. The van der Waals surface area contributed by atoms with Crippen LogP contribution in [-0.2, 0) is 0 Å². The van der Waals surface area contributed by atoms with Crippen molar-refractivity contribution in [3.05, 3.63) is 18.0 Å². The molecule has 0 bridgehead atoms. The number of rotatable bonds is 1. The number of H-pyrrole nitrogens is 1. The van der Waals surface area contributed by atoms with Gasteiger partial charge in [-0.1, -0.05) is 0 Å². The Bertz CT molecular complexity index is 487. The Kier molecular flexibility index (Phi) is 2.05. The average Bonchev–Trinajstić information content (AvgIpc) is 2.84. The van der Waals surface area contributed by atoms with E-state index in [1.54, 1.807) is 6.07 Å². The summed E-state index contributed by atoms with van der Waals surface area (Å²) in [5.41, 5.74) is 7.33. The predicted octanol–water partition coefficient (Wildman–Crippen LogP) is 2.11. The zero-order valence-electron chi connectivity index (χ0n) is 8.23. The number of imidazole rings is 1. The van der Waals surface area contributed by atoms with Gasteiger partial charge in [-0.25, -0.2) is 9.97 Å². The van der Waals surface area contributed by atoms with Crippen molar-refractivity contribution in [2.24, 2.45) is 0 Å². The number of aromatic amines is 1. The van der Waals surface area contributed by atoms with Crippen molar-refractivity contribution in [1.82, 2.24) is 15.0 Å².